The van der Waals surface area contributed by atoms with E-state index in [0.29, 0.717) is 58.7 Å². The Balaban J connectivity index is 1.39. The molecule has 0 aliphatic carbocycles. The fourth-order valence-corrected chi connectivity index (χ4v) is 6.80. The Morgan fingerprint density at radius 3 is 2.79 bits per heavy atom. The van der Waals surface area contributed by atoms with Crippen molar-refractivity contribution in [2.45, 2.75) is 50.2 Å². The molecular weight excluding hydrogens is 482 g/mol. The number of ether oxygens (including phenoxy) is 2. The Bertz CT molecular complexity index is 1380. The van der Waals surface area contributed by atoms with Crippen molar-refractivity contribution >= 4 is 17.5 Å². The first kappa shape index (κ1) is 23.4. The number of fused-ring (bicyclic) bond motifs is 8. The first-order chi connectivity index (χ1) is 18.6. The Hall–Kier alpha value is -3.72. The number of hydrogen-bond acceptors (Lipinski definition) is 6. The monoisotopic (exact) mass is 513 g/mol. The van der Waals surface area contributed by atoms with Crippen LogP contribution in [0.25, 0.3) is 0 Å². The summed E-state index contributed by atoms with van der Waals surface area (Å²) in [4.78, 5) is 32.5. The predicted octanol–water partition coefficient (Wildman–Crippen LogP) is 3.25. The van der Waals surface area contributed by atoms with Gasteiger partial charge in [-0.25, -0.2) is 0 Å². The average Bonchev–Trinajstić information content (AvgIpc) is 3.64. The van der Waals surface area contributed by atoms with Crippen molar-refractivity contribution in [1.29, 1.82) is 0 Å². The largest absolute Gasteiger partial charge is 0.494 e. The average molecular weight is 514 g/mol. The lowest BCUT2D eigenvalue weighted by Crippen LogP contribution is -2.47. The van der Waals surface area contributed by atoms with E-state index in [1.54, 1.807) is 0 Å². The second-order valence-electron chi connectivity index (χ2n) is 10.7. The number of amides is 2. The zero-order valence-electron chi connectivity index (χ0n) is 21.3. The molecule has 0 N–H and O–H groups in total. The molecule has 4 aliphatic rings. The van der Waals surface area contributed by atoms with E-state index in [4.69, 9.17) is 9.47 Å². The van der Waals surface area contributed by atoms with Gasteiger partial charge < -0.3 is 19.3 Å². The van der Waals surface area contributed by atoms with Crippen LogP contribution >= 0.6 is 0 Å². The summed E-state index contributed by atoms with van der Waals surface area (Å²) in [6.07, 6.45) is 4.68. The molecule has 9 nitrogen and oxygen atoms in total. The lowest BCUT2D eigenvalue weighted by molar-refractivity contribution is -0.140. The number of aryl methyl sites for hydroxylation is 1. The number of carbonyl (C=O) groups excluding carboxylic acids is 2. The molecule has 196 valence electrons. The number of para-hydroxylation sites is 1. The highest BCUT2D eigenvalue weighted by Crippen LogP contribution is 2.57. The zero-order valence-corrected chi connectivity index (χ0v) is 21.3. The molecule has 9 heteroatoms. The van der Waals surface area contributed by atoms with Crippen molar-refractivity contribution in [1.82, 2.24) is 19.9 Å². The van der Waals surface area contributed by atoms with Crippen LogP contribution in [0.5, 0.6) is 5.75 Å². The highest BCUT2D eigenvalue weighted by Gasteiger charge is 2.62. The van der Waals surface area contributed by atoms with E-state index >= 15 is 0 Å². The van der Waals surface area contributed by atoms with Crippen molar-refractivity contribution in [2.24, 2.45) is 5.92 Å². The Morgan fingerprint density at radius 1 is 1.03 bits per heavy atom. The molecule has 0 saturated carbocycles. The van der Waals surface area contributed by atoms with Crippen LogP contribution in [-0.4, -0.2) is 58.1 Å². The Kier molecular flexibility index (Phi) is 5.69. The highest BCUT2D eigenvalue weighted by molar-refractivity contribution is 6.09. The van der Waals surface area contributed by atoms with Gasteiger partial charge in [0.05, 0.1) is 25.4 Å². The normalized spacial score (nSPS) is 25.3. The van der Waals surface area contributed by atoms with Crippen LogP contribution in [0.2, 0.25) is 0 Å². The minimum atomic E-state index is -0.883. The molecule has 3 aromatic rings. The van der Waals surface area contributed by atoms with Gasteiger partial charge in [0.15, 0.2) is 0 Å². The summed E-state index contributed by atoms with van der Waals surface area (Å²) >= 11 is 0. The molecule has 2 atom stereocenters. The molecule has 5 heterocycles. The second-order valence-corrected chi connectivity index (χ2v) is 10.7. The SMILES string of the molecule is O=C(C1CCOCC1)N1CC[C@]23C(=O)N(Cc4cn(nn4)CCCOc4cccc(c4)[C@H]12)c1ccccc13. The third kappa shape index (κ3) is 3.63. The Morgan fingerprint density at radius 2 is 1.89 bits per heavy atom. The van der Waals surface area contributed by atoms with Gasteiger partial charge in [-0.15, -0.1) is 5.10 Å². The maximum Gasteiger partial charge on any atom is 0.240 e. The van der Waals surface area contributed by atoms with E-state index in [1.165, 1.54) is 0 Å². The van der Waals surface area contributed by atoms with Crippen LogP contribution in [0.15, 0.2) is 54.7 Å². The van der Waals surface area contributed by atoms with E-state index in [9.17, 15) is 9.59 Å². The lowest BCUT2D eigenvalue weighted by atomic mass is 9.72. The molecule has 2 saturated heterocycles. The molecular formula is C29H31N5O4. The van der Waals surface area contributed by atoms with Gasteiger partial charge >= 0.3 is 0 Å². The minimum Gasteiger partial charge on any atom is -0.494 e. The molecule has 2 fully saturated rings. The summed E-state index contributed by atoms with van der Waals surface area (Å²) in [5, 5.41) is 8.64. The first-order valence-corrected chi connectivity index (χ1v) is 13.6. The third-order valence-corrected chi connectivity index (χ3v) is 8.56. The molecule has 2 aromatic carbocycles. The van der Waals surface area contributed by atoms with E-state index < -0.39 is 11.5 Å². The second kappa shape index (κ2) is 9.23. The topological polar surface area (TPSA) is 89.8 Å². The van der Waals surface area contributed by atoms with Gasteiger partial charge in [-0.1, -0.05) is 35.5 Å². The van der Waals surface area contributed by atoms with Gasteiger partial charge in [-0.2, -0.15) is 0 Å². The first-order valence-electron chi connectivity index (χ1n) is 13.6. The fourth-order valence-electron chi connectivity index (χ4n) is 6.80. The van der Waals surface area contributed by atoms with Crippen LogP contribution in [-0.2, 0) is 32.8 Å². The summed E-state index contributed by atoms with van der Waals surface area (Å²) in [5.74, 6) is 0.786. The number of hydrogen-bond donors (Lipinski definition) is 0. The number of nitrogens with zero attached hydrogens (tertiary/aromatic N) is 5. The van der Waals surface area contributed by atoms with Crippen molar-refractivity contribution in [3.63, 3.8) is 0 Å². The number of benzene rings is 2. The molecule has 1 spiro atoms. The highest BCUT2D eigenvalue weighted by atomic mass is 16.5. The fraction of sp³-hybridized carbons (Fsp3) is 0.448. The van der Waals surface area contributed by atoms with Crippen LogP contribution in [0.3, 0.4) is 0 Å². The molecule has 0 radical (unpaired) electrons. The Labute approximate surface area is 221 Å². The summed E-state index contributed by atoms with van der Waals surface area (Å²) in [6.45, 7) is 3.27. The number of rotatable bonds is 1. The smallest absolute Gasteiger partial charge is 0.240 e. The van der Waals surface area contributed by atoms with Crippen molar-refractivity contribution in [3.8, 4) is 5.75 Å². The van der Waals surface area contributed by atoms with E-state index in [-0.39, 0.29) is 17.7 Å². The van der Waals surface area contributed by atoms with Gasteiger partial charge in [0.25, 0.3) is 0 Å². The summed E-state index contributed by atoms with van der Waals surface area (Å²) in [5.41, 5.74) is 2.65. The lowest BCUT2D eigenvalue weighted by Gasteiger charge is -2.37. The molecule has 2 amide bonds. The van der Waals surface area contributed by atoms with Crippen LogP contribution in [0.4, 0.5) is 5.69 Å². The molecule has 4 aliphatic heterocycles. The molecule has 6 bridgehead atoms. The van der Waals surface area contributed by atoms with Gasteiger partial charge in [-0.3, -0.25) is 14.3 Å². The van der Waals surface area contributed by atoms with Gasteiger partial charge in [0.1, 0.15) is 16.9 Å². The summed E-state index contributed by atoms with van der Waals surface area (Å²) < 4.78 is 13.5. The van der Waals surface area contributed by atoms with E-state index in [2.05, 4.69) is 16.4 Å². The maximum atomic E-state index is 14.6. The number of carbonyl (C=O) groups is 2. The number of anilines is 1. The molecule has 7 rings (SSSR count). The standard InChI is InChI=1S/C29H31N5O4/c35-27(20-9-15-37-16-10-20)33-13-11-29-24-7-1-2-8-25(24)34(28(29)36)19-22-18-32(31-30-22)12-4-14-38-23-6-3-5-21(17-23)26(29)33/h1-3,5-8,17-18,20,26H,4,9-16,19H2/t26-,29+/m0/s1. The quantitative estimate of drug-likeness (QED) is 0.496. The summed E-state index contributed by atoms with van der Waals surface area (Å²) in [7, 11) is 0. The van der Waals surface area contributed by atoms with Gasteiger partial charge in [0, 0.05) is 44.3 Å². The van der Waals surface area contributed by atoms with Gasteiger partial charge in [0.2, 0.25) is 11.8 Å². The number of likely N-dealkylation sites (tertiary alicyclic amines) is 1. The molecule has 1 aromatic heterocycles. The number of aromatic nitrogens is 3. The van der Waals surface area contributed by atoms with Gasteiger partial charge in [-0.05, 0) is 48.6 Å². The van der Waals surface area contributed by atoms with Crippen molar-refractivity contribution < 1.29 is 19.1 Å². The zero-order chi connectivity index (χ0) is 25.7. The summed E-state index contributed by atoms with van der Waals surface area (Å²) in [6, 6.07) is 15.6. The molecule has 0 unspecified atom stereocenters. The predicted molar refractivity (Wildman–Crippen MR) is 138 cm³/mol. The van der Waals surface area contributed by atoms with E-state index in [1.807, 2.05) is 63.1 Å². The maximum absolute atomic E-state index is 14.6. The van der Waals surface area contributed by atoms with E-state index in [0.717, 1.165) is 34.7 Å². The van der Waals surface area contributed by atoms with Crippen molar-refractivity contribution in [3.05, 3.63) is 71.5 Å². The van der Waals surface area contributed by atoms with Crippen molar-refractivity contribution in [2.75, 3.05) is 31.3 Å². The van der Waals surface area contributed by atoms with Crippen LogP contribution < -0.4 is 9.64 Å². The minimum absolute atomic E-state index is 0.0155. The third-order valence-electron chi connectivity index (χ3n) is 8.56. The van der Waals surface area contributed by atoms with Crippen LogP contribution in [0.1, 0.15) is 48.5 Å². The molecule has 38 heavy (non-hydrogen) atoms. The van der Waals surface area contributed by atoms with Crippen LogP contribution in [0, 0.1) is 5.92 Å².